The van der Waals surface area contributed by atoms with Crippen LogP contribution in [-0.4, -0.2) is 17.8 Å². The highest BCUT2D eigenvalue weighted by Crippen LogP contribution is 2.27. The summed E-state index contributed by atoms with van der Waals surface area (Å²) < 4.78 is 5.60. The zero-order valence-electron chi connectivity index (χ0n) is 9.15. The molecule has 0 unspecified atom stereocenters. The Kier molecular flexibility index (Phi) is 3.64. The molecule has 0 atom stereocenters. The molecule has 3 nitrogen and oxygen atoms in total. The largest absolute Gasteiger partial charge is 0.492 e. The molecule has 0 saturated carbocycles. The Morgan fingerprint density at radius 2 is 2.06 bits per heavy atom. The van der Waals surface area contributed by atoms with Gasteiger partial charge in [0.2, 0.25) is 5.91 Å². The average molecular weight is 294 g/mol. The molecular formula is C13H12BrNO2. The van der Waals surface area contributed by atoms with Gasteiger partial charge in [-0.2, -0.15) is 0 Å². The van der Waals surface area contributed by atoms with Crippen molar-refractivity contribution in [2.45, 2.75) is 0 Å². The molecule has 0 spiro atoms. The predicted octanol–water partition coefficient (Wildman–Crippen LogP) is 2.71. The van der Waals surface area contributed by atoms with Gasteiger partial charge in [0.25, 0.3) is 0 Å². The number of amides is 1. The van der Waals surface area contributed by atoms with Gasteiger partial charge in [-0.15, -0.1) is 0 Å². The first-order valence-corrected chi connectivity index (χ1v) is 6.36. The number of nitrogens with two attached hydrogens (primary N) is 1. The number of primary amides is 1. The third-order valence-electron chi connectivity index (χ3n) is 2.44. The number of halogens is 1. The monoisotopic (exact) mass is 293 g/mol. The van der Waals surface area contributed by atoms with Crippen LogP contribution in [0.5, 0.6) is 5.75 Å². The van der Waals surface area contributed by atoms with Gasteiger partial charge in [-0.25, -0.2) is 0 Å². The maximum atomic E-state index is 11.2. The van der Waals surface area contributed by atoms with Gasteiger partial charge in [-0.3, -0.25) is 4.79 Å². The standard InChI is InChI=1S/C13H12BrNO2/c14-5-6-17-12-8-10(13(15)16)7-9-3-1-2-4-11(9)12/h1-4,7-8H,5-6H2,(H2,15,16). The minimum atomic E-state index is -0.445. The number of fused-ring (bicyclic) bond motifs is 1. The normalized spacial score (nSPS) is 10.4. The molecule has 88 valence electrons. The third-order valence-corrected chi connectivity index (χ3v) is 2.77. The number of ether oxygens (including phenoxy) is 1. The van der Waals surface area contributed by atoms with Crippen LogP contribution in [0.25, 0.3) is 10.8 Å². The lowest BCUT2D eigenvalue weighted by atomic mass is 10.1. The fourth-order valence-corrected chi connectivity index (χ4v) is 1.85. The van der Waals surface area contributed by atoms with Crippen LogP contribution in [0.4, 0.5) is 0 Å². The molecule has 0 radical (unpaired) electrons. The van der Waals surface area contributed by atoms with Crippen molar-refractivity contribution in [2.75, 3.05) is 11.9 Å². The molecule has 2 aromatic rings. The van der Waals surface area contributed by atoms with Crippen molar-refractivity contribution < 1.29 is 9.53 Å². The summed E-state index contributed by atoms with van der Waals surface area (Å²) in [5.74, 6) is 0.246. The van der Waals surface area contributed by atoms with Gasteiger partial charge < -0.3 is 10.5 Å². The Labute approximate surface area is 108 Å². The van der Waals surface area contributed by atoms with Crippen molar-refractivity contribution in [1.29, 1.82) is 0 Å². The first-order valence-electron chi connectivity index (χ1n) is 5.23. The summed E-state index contributed by atoms with van der Waals surface area (Å²) in [6.45, 7) is 0.548. The molecule has 0 saturated heterocycles. The zero-order chi connectivity index (χ0) is 12.3. The van der Waals surface area contributed by atoms with E-state index < -0.39 is 5.91 Å². The topological polar surface area (TPSA) is 52.3 Å². The van der Waals surface area contributed by atoms with Crippen LogP contribution < -0.4 is 10.5 Å². The maximum absolute atomic E-state index is 11.2. The van der Waals surface area contributed by atoms with Gasteiger partial charge in [0, 0.05) is 16.3 Å². The van der Waals surface area contributed by atoms with Crippen molar-refractivity contribution >= 4 is 32.6 Å². The predicted molar refractivity (Wildman–Crippen MR) is 71.8 cm³/mol. The zero-order valence-corrected chi connectivity index (χ0v) is 10.7. The quantitative estimate of drug-likeness (QED) is 0.881. The summed E-state index contributed by atoms with van der Waals surface area (Å²) in [7, 11) is 0. The van der Waals surface area contributed by atoms with Crippen molar-refractivity contribution in [1.82, 2.24) is 0 Å². The summed E-state index contributed by atoms with van der Waals surface area (Å²) >= 11 is 3.30. The molecule has 0 aliphatic heterocycles. The first-order chi connectivity index (χ1) is 8.22. The van der Waals surface area contributed by atoms with Crippen LogP contribution in [0.1, 0.15) is 10.4 Å². The second-order valence-corrected chi connectivity index (χ2v) is 4.39. The molecule has 2 rings (SSSR count). The smallest absolute Gasteiger partial charge is 0.248 e. The highest BCUT2D eigenvalue weighted by Gasteiger charge is 2.08. The second-order valence-electron chi connectivity index (χ2n) is 3.60. The molecule has 1 amide bonds. The summed E-state index contributed by atoms with van der Waals surface area (Å²) in [5, 5.41) is 2.68. The van der Waals surface area contributed by atoms with Crippen LogP contribution in [0.15, 0.2) is 36.4 Å². The Morgan fingerprint density at radius 3 is 2.76 bits per heavy atom. The lowest BCUT2D eigenvalue weighted by Crippen LogP contribution is -2.11. The molecule has 17 heavy (non-hydrogen) atoms. The minimum Gasteiger partial charge on any atom is -0.492 e. The molecule has 0 bridgehead atoms. The Balaban J connectivity index is 2.56. The third kappa shape index (κ3) is 2.58. The van der Waals surface area contributed by atoms with E-state index in [9.17, 15) is 4.79 Å². The van der Waals surface area contributed by atoms with E-state index in [0.29, 0.717) is 17.9 Å². The molecule has 0 heterocycles. The molecule has 2 aromatic carbocycles. The Morgan fingerprint density at radius 1 is 1.29 bits per heavy atom. The Bertz CT molecular complexity index is 554. The van der Waals surface area contributed by atoms with Crippen molar-refractivity contribution in [3.05, 3.63) is 42.0 Å². The molecule has 0 aromatic heterocycles. The minimum absolute atomic E-state index is 0.445. The number of carbonyl (C=O) groups excluding carboxylic acids is 1. The fourth-order valence-electron chi connectivity index (χ4n) is 1.69. The molecular weight excluding hydrogens is 282 g/mol. The van der Waals surface area contributed by atoms with E-state index in [1.165, 1.54) is 0 Å². The molecule has 0 aliphatic rings. The van der Waals surface area contributed by atoms with Crippen LogP contribution in [0, 0.1) is 0 Å². The van der Waals surface area contributed by atoms with Crippen LogP contribution in [0.2, 0.25) is 0 Å². The van der Waals surface area contributed by atoms with Crippen LogP contribution in [0.3, 0.4) is 0 Å². The van der Waals surface area contributed by atoms with E-state index in [2.05, 4.69) is 15.9 Å². The fraction of sp³-hybridized carbons (Fsp3) is 0.154. The van der Waals surface area contributed by atoms with Crippen LogP contribution >= 0.6 is 15.9 Å². The number of hydrogen-bond acceptors (Lipinski definition) is 2. The number of hydrogen-bond donors (Lipinski definition) is 1. The summed E-state index contributed by atoms with van der Waals surface area (Å²) in [4.78, 5) is 11.2. The molecule has 2 N–H and O–H groups in total. The Hall–Kier alpha value is -1.55. The van der Waals surface area contributed by atoms with E-state index in [1.807, 2.05) is 24.3 Å². The lowest BCUT2D eigenvalue weighted by Gasteiger charge is -2.09. The van der Waals surface area contributed by atoms with Gasteiger partial charge in [-0.05, 0) is 17.5 Å². The van der Waals surface area contributed by atoms with E-state index >= 15 is 0 Å². The summed E-state index contributed by atoms with van der Waals surface area (Å²) in [6.07, 6.45) is 0. The van der Waals surface area contributed by atoms with Gasteiger partial charge in [-0.1, -0.05) is 40.2 Å². The first kappa shape index (κ1) is 11.9. The maximum Gasteiger partial charge on any atom is 0.248 e. The van der Waals surface area contributed by atoms with E-state index in [0.717, 1.165) is 16.1 Å². The van der Waals surface area contributed by atoms with Gasteiger partial charge in [0.15, 0.2) is 0 Å². The van der Waals surface area contributed by atoms with E-state index in [4.69, 9.17) is 10.5 Å². The van der Waals surface area contributed by atoms with Crippen LogP contribution in [-0.2, 0) is 0 Å². The second kappa shape index (κ2) is 5.19. The van der Waals surface area contributed by atoms with Crippen molar-refractivity contribution in [2.24, 2.45) is 5.73 Å². The molecule has 4 heteroatoms. The highest BCUT2D eigenvalue weighted by molar-refractivity contribution is 9.09. The number of alkyl halides is 1. The van der Waals surface area contributed by atoms with E-state index in [-0.39, 0.29) is 0 Å². The SMILES string of the molecule is NC(=O)c1cc(OCCBr)c2ccccc2c1. The number of rotatable bonds is 4. The van der Waals surface area contributed by atoms with Crippen molar-refractivity contribution in [3.8, 4) is 5.75 Å². The van der Waals surface area contributed by atoms with Crippen molar-refractivity contribution in [3.63, 3.8) is 0 Å². The van der Waals surface area contributed by atoms with E-state index in [1.54, 1.807) is 12.1 Å². The van der Waals surface area contributed by atoms with Gasteiger partial charge >= 0.3 is 0 Å². The molecule has 0 aliphatic carbocycles. The number of benzene rings is 2. The average Bonchev–Trinajstić information content (AvgIpc) is 2.35. The lowest BCUT2D eigenvalue weighted by molar-refractivity contribution is 0.1000. The number of carbonyl (C=O) groups is 1. The van der Waals surface area contributed by atoms with Gasteiger partial charge in [0.05, 0.1) is 6.61 Å². The van der Waals surface area contributed by atoms with Gasteiger partial charge in [0.1, 0.15) is 5.75 Å². The highest BCUT2D eigenvalue weighted by atomic mass is 79.9. The summed E-state index contributed by atoms with van der Waals surface area (Å²) in [6, 6.07) is 11.2. The molecule has 0 fully saturated rings. The summed E-state index contributed by atoms with van der Waals surface area (Å²) in [5.41, 5.74) is 5.76.